The average Bonchev–Trinajstić information content (AvgIpc) is 2.87. The number of nitrogens with zero attached hydrogens (tertiary/aromatic N) is 2. The number of hydrogen-bond donors (Lipinski definition) is 1. The highest BCUT2D eigenvalue weighted by Crippen LogP contribution is 2.19. The van der Waals surface area contributed by atoms with Crippen LogP contribution in [0.5, 0.6) is 0 Å². The minimum atomic E-state index is 0.316. The summed E-state index contributed by atoms with van der Waals surface area (Å²) in [7, 11) is 1.78. The third-order valence-corrected chi connectivity index (χ3v) is 3.41. The molecule has 0 amide bonds. The van der Waals surface area contributed by atoms with Crippen LogP contribution in [0.2, 0.25) is 0 Å². The Morgan fingerprint density at radius 3 is 2.74 bits per heavy atom. The molecule has 0 aliphatic carbocycles. The molecule has 110 valence electrons. The first-order valence-corrected chi connectivity index (χ1v) is 7.49. The maximum atomic E-state index is 5.34. The molecule has 0 aliphatic heterocycles. The van der Waals surface area contributed by atoms with Crippen LogP contribution in [0.15, 0.2) is 12.4 Å². The van der Waals surface area contributed by atoms with Crippen LogP contribution in [0.4, 0.5) is 0 Å². The van der Waals surface area contributed by atoms with Gasteiger partial charge in [-0.05, 0) is 39.2 Å². The molecule has 0 aromatic carbocycles. The first kappa shape index (κ1) is 16.2. The van der Waals surface area contributed by atoms with Crippen LogP contribution >= 0.6 is 0 Å². The molecule has 4 nitrogen and oxygen atoms in total. The SMILES string of the molecule is CCCNC(CCC(C)OC)c1cnn(CCC)c1. The highest BCUT2D eigenvalue weighted by molar-refractivity contribution is 5.10. The maximum Gasteiger partial charge on any atom is 0.0543 e. The molecule has 1 rings (SSSR count). The van der Waals surface area contributed by atoms with Gasteiger partial charge in [0.25, 0.3) is 0 Å². The Balaban J connectivity index is 2.60. The fourth-order valence-corrected chi connectivity index (χ4v) is 2.14. The van der Waals surface area contributed by atoms with E-state index in [0.29, 0.717) is 12.1 Å². The average molecular weight is 267 g/mol. The van der Waals surface area contributed by atoms with Crippen molar-refractivity contribution in [1.29, 1.82) is 0 Å². The molecule has 0 bridgehead atoms. The molecule has 4 heteroatoms. The molecule has 1 aromatic rings. The van der Waals surface area contributed by atoms with Gasteiger partial charge in [0.15, 0.2) is 0 Å². The van der Waals surface area contributed by atoms with E-state index in [4.69, 9.17) is 4.74 Å². The third kappa shape index (κ3) is 5.74. The zero-order valence-electron chi connectivity index (χ0n) is 12.9. The van der Waals surface area contributed by atoms with Crippen LogP contribution < -0.4 is 5.32 Å². The normalized spacial score (nSPS) is 14.5. The highest BCUT2D eigenvalue weighted by Gasteiger charge is 2.14. The van der Waals surface area contributed by atoms with E-state index in [0.717, 1.165) is 38.8 Å². The molecular weight excluding hydrogens is 238 g/mol. The number of aryl methyl sites for hydroxylation is 1. The second-order valence-electron chi connectivity index (χ2n) is 5.17. The van der Waals surface area contributed by atoms with Gasteiger partial charge in [0.05, 0.1) is 12.3 Å². The minimum absolute atomic E-state index is 0.316. The lowest BCUT2D eigenvalue weighted by Gasteiger charge is -2.19. The highest BCUT2D eigenvalue weighted by atomic mass is 16.5. The summed E-state index contributed by atoms with van der Waals surface area (Å²) in [5.41, 5.74) is 1.30. The van der Waals surface area contributed by atoms with Gasteiger partial charge in [0, 0.05) is 31.5 Å². The molecular formula is C15H29N3O. The smallest absolute Gasteiger partial charge is 0.0543 e. The van der Waals surface area contributed by atoms with Crippen molar-refractivity contribution in [2.45, 2.75) is 65.1 Å². The molecule has 0 fully saturated rings. The minimum Gasteiger partial charge on any atom is -0.382 e. The lowest BCUT2D eigenvalue weighted by molar-refractivity contribution is 0.106. The van der Waals surface area contributed by atoms with Gasteiger partial charge in [-0.2, -0.15) is 5.10 Å². The van der Waals surface area contributed by atoms with E-state index >= 15 is 0 Å². The number of ether oxygens (including phenoxy) is 1. The molecule has 0 spiro atoms. The molecule has 1 heterocycles. The Labute approximate surface area is 117 Å². The summed E-state index contributed by atoms with van der Waals surface area (Å²) in [6.07, 6.45) is 8.92. The number of methoxy groups -OCH3 is 1. The Morgan fingerprint density at radius 1 is 1.32 bits per heavy atom. The Bertz CT molecular complexity index is 338. The van der Waals surface area contributed by atoms with Crippen molar-refractivity contribution in [2.75, 3.05) is 13.7 Å². The topological polar surface area (TPSA) is 39.1 Å². The van der Waals surface area contributed by atoms with Gasteiger partial charge < -0.3 is 10.1 Å². The van der Waals surface area contributed by atoms with Crippen LogP contribution in [0.1, 0.15) is 58.1 Å². The number of nitrogens with one attached hydrogen (secondary N) is 1. The summed E-state index contributed by atoms with van der Waals surface area (Å²) in [6.45, 7) is 8.54. The second kappa shape index (κ2) is 9.10. The summed E-state index contributed by atoms with van der Waals surface area (Å²) < 4.78 is 7.37. The Morgan fingerprint density at radius 2 is 2.11 bits per heavy atom. The lowest BCUT2D eigenvalue weighted by atomic mass is 10.0. The van der Waals surface area contributed by atoms with Crippen molar-refractivity contribution in [2.24, 2.45) is 0 Å². The van der Waals surface area contributed by atoms with E-state index in [1.807, 2.05) is 10.9 Å². The van der Waals surface area contributed by atoms with Crippen LogP contribution in [0.3, 0.4) is 0 Å². The van der Waals surface area contributed by atoms with Crippen molar-refractivity contribution in [3.05, 3.63) is 18.0 Å². The van der Waals surface area contributed by atoms with E-state index in [2.05, 4.69) is 37.4 Å². The summed E-state index contributed by atoms with van der Waals surface area (Å²) in [5.74, 6) is 0. The number of hydrogen-bond acceptors (Lipinski definition) is 3. The van der Waals surface area contributed by atoms with Gasteiger partial charge >= 0.3 is 0 Å². The van der Waals surface area contributed by atoms with Crippen LogP contribution in [-0.4, -0.2) is 29.5 Å². The number of rotatable bonds is 10. The molecule has 0 radical (unpaired) electrons. The zero-order chi connectivity index (χ0) is 14.1. The quantitative estimate of drug-likeness (QED) is 0.708. The van der Waals surface area contributed by atoms with Crippen LogP contribution in [-0.2, 0) is 11.3 Å². The second-order valence-corrected chi connectivity index (χ2v) is 5.17. The zero-order valence-corrected chi connectivity index (χ0v) is 12.9. The molecule has 1 N–H and O–H groups in total. The third-order valence-electron chi connectivity index (χ3n) is 3.41. The predicted molar refractivity (Wildman–Crippen MR) is 79.3 cm³/mol. The first-order chi connectivity index (χ1) is 9.21. The predicted octanol–water partition coefficient (Wildman–Crippen LogP) is 3.15. The van der Waals surface area contributed by atoms with E-state index < -0.39 is 0 Å². The molecule has 0 saturated carbocycles. The van der Waals surface area contributed by atoms with Gasteiger partial charge in [0.2, 0.25) is 0 Å². The molecule has 0 saturated heterocycles. The fraction of sp³-hybridized carbons (Fsp3) is 0.800. The molecule has 2 unspecified atom stereocenters. The monoisotopic (exact) mass is 267 g/mol. The molecule has 19 heavy (non-hydrogen) atoms. The summed E-state index contributed by atoms with van der Waals surface area (Å²) in [4.78, 5) is 0. The van der Waals surface area contributed by atoms with Crippen molar-refractivity contribution >= 4 is 0 Å². The van der Waals surface area contributed by atoms with Gasteiger partial charge in [0.1, 0.15) is 0 Å². The Kier molecular flexibility index (Phi) is 7.75. The summed E-state index contributed by atoms with van der Waals surface area (Å²) >= 11 is 0. The van der Waals surface area contributed by atoms with Crippen molar-refractivity contribution in [3.63, 3.8) is 0 Å². The first-order valence-electron chi connectivity index (χ1n) is 7.49. The van der Waals surface area contributed by atoms with E-state index in [-0.39, 0.29) is 0 Å². The molecule has 0 aliphatic rings. The van der Waals surface area contributed by atoms with Crippen molar-refractivity contribution in [1.82, 2.24) is 15.1 Å². The van der Waals surface area contributed by atoms with Gasteiger partial charge in [-0.25, -0.2) is 0 Å². The fourth-order valence-electron chi connectivity index (χ4n) is 2.14. The summed E-state index contributed by atoms with van der Waals surface area (Å²) in [6, 6.07) is 0.392. The Hall–Kier alpha value is -0.870. The van der Waals surface area contributed by atoms with E-state index in [9.17, 15) is 0 Å². The molecule has 1 aromatic heterocycles. The number of aromatic nitrogens is 2. The van der Waals surface area contributed by atoms with Gasteiger partial charge in [-0.1, -0.05) is 13.8 Å². The van der Waals surface area contributed by atoms with E-state index in [1.165, 1.54) is 5.56 Å². The van der Waals surface area contributed by atoms with Gasteiger partial charge in [-0.3, -0.25) is 4.68 Å². The van der Waals surface area contributed by atoms with Crippen molar-refractivity contribution < 1.29 is 4.74 Å². The van der Waals surface area contributed by atoms with Crippen LogP contribution in [0, 0.1) is 0 Å². The summed E-state index contributed by atoms with van der Waals surface area (Å²) in [5, 5.41) is 8.04. The lowest BCUT2D eigenvalue weighted by Crippen LogP contribution is -2.23. The van der Waals surface area contributed by atoms with Crippen molar-refractivity contribution in [3.8, 4) is 0 Å². The maximum absolute atomic E-state index is 5.34. The standard InChI is InChI=1S/C15H29N3O/c1-5-9-16-15(8-7-13(3)19-4)14-11-17-18(12-14)10-6-2/h11-13,15-16H,5-10H2,1-4H3. The van der Waals surface area contributed by atoms with E-state index in [1.54, 1.807) is 7.11 Å². The molecule has 2 atom stereocenters. The largest absolute Gasteiger partial charge is 0.382 e. The van der Waals surface area contributed by atoms with Gasteiger partial charge in [-0.15, -0.1) is 0 Å². The van der Waals surface area contributed by atoms with Crippen LogP contribution in [0.25, 0.3) is 0 Å².